The van der Waals surface area contributed by atoms with Crippen LogP contribution in [0.3, 0.4) is 0 Å². The normalized spacial score (nSPS) is 11.4. The SMILES string of the molecule is CCn1c(S/C(=C/c2ccc(Sc3ccccc3)c([N+](=O)[O-])c2)C(=O)O)nnc1-c1ccc(Cl)cc1. The predicted octanol–water partition coefficient (Wildman–Crippen LogP) is 6.90. The van der Waals surface area contributed by atoms with Gasteiger partial charge >= 0.3 is 5.97 Å². The van der Waals surface area contributed by atoms with Crippen LogP contribution in [-0.4, -0.2) is 30.8 Å². The van der Waals surface area contributed by atoms with Gasteiger partial charge in [0.15, 0.2) is 11.0 Å². The highest BCUT2D eigenvalue weighted by Crippen LogP contribution is 2.37. The molecule has 11 heteroatoms. The Kier molecular flexibility index (Phi) is 8.09. The number of hydrogen-bond donors (Lipinski definition) is 1. The van der Waals surface area contributed by atoms with Crippen molar-refractivity contribution in [3.05, 3.63) is 98.4 Å². The lowest BCUT2D eigenvalue weighted by atomic mass is 10.2. The van der Waals surface area contributed by atoms with Crippen molar-refractivity contribution in [3.8, 4) is 11.4 Å². The second-order valence-corrected chi connectivity index (χ2v) is 9.93. The fourth-order valence-electron chi connectivity index (χ4n) is 3.32. The van der Waals surface area contributed by atoms with Gasteiger partial charge in [-0.3, -0.25) is 10.1 Å². The van der Waals surface area contributed by atoms with E-state index in [-0.39, 0.29) is 10.6 Å². The second-order valence-electron chi connectivity index (χ2n) is 7.37. The van der Waals surface area contributed by atoms with E-state index in [9.17, 15) is 20.0 Å². The van der Waals surface area contributed by atoms with Gasteiger partial charge in [-0.15, -0.1) is 10.2 Å². The number of aromatic nitrogens is 3. The van der Waals surface area contributed by atoms with Gasteiger partial charge < -0.3 is 9.67 Å². The highest BCUT2D eigenvalue weighted by molar-refractivity contribution is 8.04. The van der Waals surface area contributed by atoms with Crippen LogP contribution in [0.2, 0.25) is 5.02 Å². The zero-order valence-corrected chi connectivity index (χ0v) is 21.3. The lowest BCUT2D eigenvalue weighted by Gasteiger charge is -2.08. The van der Waals surface area contributed by atoms with Crippen molar-refractivity contribution in [2.75, 3.05) is 0 Å². The summed E-state index contributed by atoms with van der Waals surface area (Å²) in [5.41, 5.74) is 1.09. The largest absolute Gasteiger partial charge is 0.477 e. The fourth-order valence-corrected chi connectivity index (χ4v) is 5.25. The van der Waals surface area contributed by atoms with Crippen molar-refractivity contribution in [1.82, 2.24) is 14.8 Å². The molecule has 1 aromatic heterocycles. The zero-order chi connectivity index (χ0) is 25.7. The first kappa shape index (κ1) is 25.5. The molecule has 4 aromatic rings. The molecule has 0 aliphatic carbocycles. The van der Waals surface area contributed by atoms with Crippen molar-refractivity contribution < 1.29 is 14.8 Å². The second kappa shape index (κ2) is 11.4. The molecule has 1 N–H and O–H groups in total. The van der Waals surface area contributed by atoms with E-state index in [2.05, 4.69) is 10.2 Å². The Morgan fingerprint density at radius 2 is 1.83 bits per heavy atom. The molecule has 36 heavy (non-hydrogen) atoms. The molecule has 0 amide bonds. The Labute approximate surface area is 220 Å². The van der Waals surface area contributed by atoms with Gasteiger partial charge in [-0.05, 0) is 72.8 Å². The minimum Gasteiger partial charge on any atom is -0.477 e. The van der Waals surface area contributed by atoms with E-state index in [1.807, 2.05) is 49.4 Å². The Hall–Kier alpha value is -3.60. The van der Waals surface area contributed by atoms with Gasteiger partial charge in [-0.2, -0.15) is 0 Å². The number of halogens is 1. The first-order valence-electron chi connectivity index (χ1n) is 10.7. The van der Waals surface area contributed by atoms with Crippen LogP contribution in [0.15, 0.2) is 92.6 Å². The summed E-state index contributed by atoms with van der Waals surface area (Å²) in [6.45, 7) is 2.42. The minimum atomic E-state index is -1.18. The van der Waals surface area contributed by atoms with E-state index >= 15 is 0 Å². The minimum absolute atomic E-state index is 0.0440. The van der Waals surface area contributed by atoms with Crippen LogP contribution in [0.1, 0.15) is 12.5 Å². The number of aliphatic carboxylic acids is 1. The molecule has 3 aromatic carbocycles. The molecule has 0 fully saturated rings. The van der Waals surface area contributed by atoms with E-state index in [4.69, 9.17) is 11.6 Å². The molecule has 0 saturated carbocycles. The third kappa shape index (κ3) is 5.96. The molecule has 182 valence electrons. The smallest absolute Gasteiger partial charge is 0.342 e. The van der Waals surface area contributed by atoms with Crippen LogP contribution >= 0.6 is 35.1 Å². The maximum Gasteiger partial charge on any atom is 0.342 e. The first-order valence-corrected chi connectivity index (χ1v) is 12.7. The highest BCUT2D eigenvalue weighted by atomic mass is 35.5. The molecule has 0 saturated heterocycles. The average Bonchev–Trinajstić information content (AvgIpc) is 3.27. The average molecular weight is 539 g/mol. The third-order valence-corrected chi connectivity index (χ3v) is 7.32. The molecular formula is C25H19ClN4O4S2. The molecule has 0 radical (unpaired) electrons. The van der Waals surface area contributed by atoms with Gasteiger partial charge in [-0.1, -0.05) is 47.6 Å². The van der Waals surface area contributed by atoms with E-state index in [1.54, 1.807) is 28.8 Å². The van der Waals surface area contributed by atoms with Crippen molar-refractivity contribution in [3.63, 3.8) is 0 Å². The predicted molar refractivity (Wildman–Crippen MR) is 141 cm³/mol. The summed E-state index contributed by atoms with van der Waals surface area (Å²) in [4.78, 5) is 24.6. The number of nitro groups is 1. The fraction of sp³-hybridized carbons (Fsp3) is 0.0800. The van der Waals surface area contributed by atoms with Gasteiger partial charge in [0.25, 0.3) is 5.69 Å². The van der Waals surface area contributed by atoms with Gasteiger partial charge in [0.1, 0.15) is 4.91 Å². The Balaban J connectivity index is 1.65. The summed E-state index contributed by atoms with van der Waals surface area (Å²) in [5.74, 6) is -0.594. The lowest BCUT2D eigenvalue weighted by molar-refractivity contribution is -0.387. The summed E-state index contributed by atoms with van der Waals surface area (Å²) in [7, 11) is 0. The Morgan fingerprint density at radius 1 is 1.11 bits per heavy atom. The van der Waals surface area contributed by atoms with E-state index < -0.39 is 10.9 Å². The van der Waals surface area contributed by atoms with E-state index in [0.29, 0.717) is 33.0 Å². The molecular weight excluding hydrogens is 520 g/mol. The van der Waals surface area contributed by atoms with Crippen molar-refractivity contribution in [1.29, 1.82) is 0 Å². The van der Waals surface area contributed by atoms with Crippen molar-refractivity contribution in [2.45, 2.75) is 28.4 Å². The molecule has 0 unspecified atom stereocenters. The zero-order valence-electron chi connectivity index (χ0n) is 18.9. The topological polar surface area (TPSA) is 111 Å². The molecule has 0 aliphatic rings. The van der Waals surface area contributed by atoms with Gasteiger partial charge in [0, 0.05) is 28.1 Å². The highest BCUT2D eigenvalue weighted by Gasteiger charge is 2.20. The Morgan fingerprint density at radius 3 is 2.47 bits per heavy atom. The number of benzene rings is 3. The standard InChI is InChI=1S/C25H19ClN4O4S2/c1-2-29-23(17-9-11-18(26)12-10-17)27-28-25(29)36-22(24(31)32)15-16-8-13-21(20(14-16)30(33)34)35-19-6-4-3-5-7-19/h3-15H,2H2,1H3,(H,31,32)/b22-15+. The monoisotopic (exact) mass is 538 g/mol. The maximum atomic E-state index is 12.0. The summed E-state index contributed by atoms with van der Waals surface area (Å²) < 4.78 is 1.80. The number of rotatable bonds is 9. The van der Waals surface area contributed by atoms with Crippen LogP contribution in [0, 0.1) is 10.1 Å². The number of thioether (sulfide) groups is 1. The van der Waals surface area contributed by atoms with Crippen LogP contribution in [0.4, 0.5) is 5.69 Å². The summed E-state index contributed by atoms with van der Waals surface area (Å²) in [6, 6.07) is 21.1. The molecule has 0 spiro atoms. The number of nitro benzene ring substituents is 1. The van der Waals surface area contributed by atoms with E-state index in [0.717, 1.165) is 22.2 Å². The van der Waals surface area contributed by atoms with Crippen LogP contribution in [0.25, 0.3) is 17.5 Å². The van der Waals surface area contributed by atoms with Crippen molar-refractivity contribution >= 4 is 52.9 Å². The summed E-state index contributed by atoms with van der Waals surface area (Å²) in [6.07, 6.45) is 1.40. The molecule has 0 atom stereocenters. The van der Waals surface area contributed by atoms with Crippen molar-refractivity contribution in [2.24, 2.45) is 0 Å². The quantitative estimate of drug-likeness (QED) is 0.106. The molecule has 0 bridgehead atoms. The third-order valence-electron chi connectivity index (χ3n) is 5.00. The van der Waals surface area contributed by atoms with Gasteiger partial charge in [0.05, 0.1) is 9.82 Å². The van der Waals surface area contributed by atoms with Gasteiger partial charge in [-0.25, -0.2) is 4.79 Å². The van der Waals surface area contributed by atoms with E-state index in [1.165, 1.54) is 23.9 Å². The number of carboxylic acid groups (broad SMARTS) is 1. The lowest BCUT2D eigenvalue weighted by Crippen LogP contribution is -2.03. The summed E-state index contributed by atoms with van der Waals surface area (Å²) >= 11 is 8.18. The number of hydrogen-bond acceptors (Lipinski definition) is 7. The Bertz CT molecular complexity index is 1440. The molecule has 4 rings (SSSR count). The maximum absolute atomic E-state index is 12.0. The number of carboxylic acids is 1. The van der Waals surface area contributed by atoms with Gasteiger partial charge in [0.2, 0.25) is 0 Å². The number of carbonyl (C=O) groups is 1. The van der Waals surface area contributed by atoms with Crippen LogP contribution in [0.5, 0.6) is 0 Å². The van der Waals surface area contributed by atoms with Crippen LogP contribution in [-0.2, 0) is 11.3 Å². The molecule has 0 aliphatic heterocycles. The van der Waals surface area contributed by atoms with Crippen LogP contribution < -0.4 is 0 Å². The first-order chi connectivity index (χ1) is 17.4. The number of nitrogens with zero attached hydrogens (tertiary/aromatic N) is 4. The summed E-state index contributed by atoms with van der Waals surface area (Å²) in [5, 5.41) is 31.0. The molecule has 1 heterocycles. The molecule has 8 nitrogen and oxygen atoms in total.